The molecular formula is C19H38IN5. The lowest BCUT2D eigenvalue weighted by atomic mass is 10.1. The number of hydrogen-bond acceptors (Lipinski definition) is 3. The molecule has 0 bridgehead atoms. The molecule has 0 spiro atoms. The minimum absolute atomic E-state index is 0. The Morgan fingerprint density at radius 1 is 1.04 bits per heavy atom. The van der Waals surface area contributed by atoms with Crippen LogP contribution in [0.5, 0.6) is 0 Å². The minimum Gasteiger partial charge on any atom is -0.355 e. The normalized spacial score (nSPS) is 26.3. The maximum atomic E-state index is 4.54. The first-order valence-electron chi connectivity index (χ1n) is 10.2. The molecule has 2 heterocycles. The average Bonchev–Trinajstić information content (AvgIpc) is 3.31. The van der Waals surface area contributed by atoms with Crippen molar-refractivity contribution in [3.05, 3.63) is 0 Å². The van der Waals surface area contributed by atoms with E-state index in [4.69, 9.17) is 0 Å². The van der Waals surface area contributed by atoms with Gasteiger partial charge in [-0.1, -0.05) is 19.3 Å². The standard InChI is InChI=1S/C19H37N5.HI/c1-20-19(21-11-15-22(2)17-8-4-5-9-17)24-14-10-18(16-24)23-12-6-3-7-13-23;/h17-18H,3-16H2,1-2H3,(H,20,21);1H. The number of hydrogen-bond donors (Lipinski definition) is 1. The lowest BCUT2D eigenvalue weighted by molar-refractivity contribution is 0.168. The van der Waals surface area contributed by atoms with Crippen LogP contribution >= 0.6 is 24.0 Å². The topological polar surface area (TPSA) is 34.1 Å². The van der Waals surface area contributed by atoms with Crippen LogP contribution in [0.25, 0.3) is 0 Å². The Hall–Kier alpha value is -0.0800. The van der Waals surface area contributed by atoms with Gasteiger partial charge in [0.25, 0.3) is 0 Å². The third-order valence-corrected chi connectivity index (χ3v) is 6.28. The summed E-state index contributed by atoms with van der Waals surface area (Å²) in [4.78, 5) is 12.3. The maximum absolute atomic E-state index is 4.54. The molecule has 0 aromatic rings. The van der Waals surface area contributed by atoms with Gasteiger partial charge in [-0.2, -0.15) is 0 Å². The van der Waals surface area contributed by atoms with Gasteiger partial charge in [-0.25, -0.2) is 0 Å². The number of piperidine rings is 1. The zero-order valence-corrected chi connectivity index (χ0v) is 18.6. The Kier molecular flexibility index (Phi) is 9.27. The SMILES string of the molecule is CN=C(NCCN(C)C1CCCC1)N1CCC(N2CCCCC2)C1.I. The van der Waals surface area contributed by atoms with E-state index in [9.17, 15) is 0 Å². The van der Waals surface area contributed by atoms with E-state index in [1.54, 1.807) is 0 Å². The Bertz CT molecular complexity index is 405. The van der Waals surface area contributed by atoms with Crippen LogP contribution in [-0.2, 0) is 0 Å². The number of rotatable bonds is 5. The maximum Gasteiger partial charge on any atom is 0.193 e. The number of nitrogens with one attached hydrogen (secondary N) is 1. The number of nitrogens with zero attached hydrogens (tertiary/aromatic N) is 4. The smallest absolute Gasteiger partial charge is 0.193 e. The van der Waals surface area contributed by atoms with Crippen molar-refractivity contribution in [3.63, 3.8) is 0 Å². The van der Waals surface area contributed by atoms with E-state index in [-0.39, 0.29) is 24.0 Å². The van der Waals surface area contributed by atoms with Gasteiger partial charge < -0.3 is 15.1 Å². The van der Waals surface area contributed by atoms with E-state index < -0.39 is 0 Å². The van der Waals surface area contributed by atoms with E-state index >= 15 is 0 Å². The quantitative estimate of drug-likeness (QED) is 0.386. The summed E-state index contributed by atoms with van der Waals surface area (Å²) in [5.41, 5.74) is 0. The van der Waals surface area contributed by atoms with E-state index in [0.29, 0.717) is 0 Å². The van der Waals surface area contributed by atoms with E-state index in [2.05, 4.69) is 32.1 Å². The number of likely N-dealkylation sites (tertiary alicyclic amines) is 2. The number of likely N-dealkylation sites (N-methyl/N-ethyl adjacent to an activating group) is 1. The van der Waals surface area contributed by atoms with Crippen molar-refractivity contribution < 1.29 is 0 Å². The summed E-state index contributed by atoms with van der Waals surface area (Å²) in [6.45, 7) is 7.03. The summed E-state index contributed by atoms with van der Waals surface area (Å²) in [6.07, 6.45) is 11.1. The molecule has 0 aromatic heterocycles. The summed E-state index contributed by atoms with van der Waals surface area (Å²) in [7, 11) is 4.21. The summed E-state index contributed by atoms with van der Waals surface area (Å²) in [6, 6.07) is 1.55. The Labute approximate surface area is 171 Å². The van der Waals surface area contributed by atoms with Crippen LogP contribution in [0.1, 0.15) is 51.4 Å². The average molecular weight is 463 g/mol. The van der Waals surface area contributed by atoms with Crippen LogP contribution in [0.4, 0.5) is 0 Å². The molecular weight excluding hydrogens is 425 g/mol. The van der Waals surface area contributed by atoms with Gasteiger partial charge in [0.15, 0.2) is 5.96 Å². The van der Waals surface area contributed by atoms with Gasteiger partial charge in [0.2, 0.25) is 0 Å². The van der Waals surface area contributed by atoms with Crippen molar-refractivity contribution in [2.75, 3.05) is 53.4 Å². The molecule has 1 atom stereocenters. The second-order valence-corrected chi connectivity index (χ2v) is 7.88. The van der Waals surface area contributed by atoms with Gasteiger partial charge in [-0.15, -0.1) is 24.0 Å². The Morgan fingerprint density at radius 2 is 1.76 bits per heavy atom. The molecule has 6 heteroatoms. The zero-order chi connectivity index (χ0) is 16.8. The van der Waals surface area contributed by atoms with Crippen LogP contribution in [0.3, 0.4) is 0 Å². The third kappa shape index (κ3) is 5.96. The molecule has 1 saturated carbocycles. The van der Waals surface area contributed by atoms with Crippen molar-refractivity contribution in [1.82, 2.24) is 20.0 Å². The van der Waals surface area contributed by atoms with Crippen molar-refractivity contribution >= 4 is 29.9 Å². The van der Waals surface area contributed by atoms with Crippen molar-refractivity contribution in [3.8, 4) is 0 Å². The highest BCUT2D eigenvalue weighted by atomic mass is 127. The highest BCUT2D eigenvalue weighted by Crippen LogP contribution is 2.22. The van der Waals surface area contributed by atoms with Gasteiger partial charge in [0.1, 0.15) is 0 Å². The first-order chi connectivity index (χ1) is 11.8. The van der Waals surface area contributed by atoms with Crippen LogP contribution < -0.4 is 5.32 Å². The molecule has 0 aromatic carbocycles. The molecule has 1 aliphatic carbocycles. The number of aliphatic imine (C=N–C) groups is 1. The molecule has 2 saturated heterocycles. The fraction of sp³-hybridized carbons (Fsp3) is 0.947. The predicted octanol–water partition coefficient (Wildman–Crippen LogP) is 2.61. The van der Waals surface area contributed by atoms with Crippen molar-refractivity contribution in [2.24, 2.45) is 4.99 Å². The van der Waals surface area contributed by atoms with Gasteiger partial charge in [0.05, 0.1) is 0 Å². The largest absolute Gasteiger partial charge is 0.355 e. The third-order valence-electron chi connectivity index (χ3n) is 6.28. The molecule has 5 nitrogen and oxygen atoms in total. The van der Waals surface area contributed by atoms with Gasteiger partial charge in [-0.3, -0.25) is 9.89 Å². The molecule has 3 rings (SSSR count). The zero-order valence-electron chi connectivity index (χ0n) is 16.3. The molecule has 1 unspecified atom stereocenters. The Morgan fingerprint density at radius 3 is 2.44 bits per heavy atom. The lowest BCUT2D eigenvalue weighted by Gasteiger charge is -2.32. The summed E-state index contributed by atoms with van der Waals surface area (Å²) in [5.74, 6) is 1.11. The molecule has 3 aliphatic rings. The molecule has 146 valence electrons. The summed E-state index contributed by atoms with van der Waals surface area (Å²) >= 11 is 0. The highest BCUT2D eigenvalue weighted by Gasteiger charge is 2.30. The molecule has 1 N–H and O–H groups in total. The minimum atomic E-state index is 0. The molecule has 25 heavy (non-hydrogen) atoms. The molecule has 0 radical (unpaired) electrons. The summed E-state index contributed by atoms with van der Waals surface area (Å²) in [5, 5.41) is 3.60. The van der Waals surface area contributed by atoms with E-state index in [1.165, 1.54) is 64.5 Å². The van der Waals surface area contributed by atoms with E-state index in [1.807, 2.05) is 7.05 Å². The fourth-order valence-electron chi connectivity index (χ4n) is 4.72. The highest BCUT2D eigenvalue weighted by molar-refractivity contribution is 14.0. The number of halogens is 1. The second kappa shape index (κ2) is 10.9. The van der Waals surface area contributed by atoms with Gasteiger partial charge in [0, 0.05) is 45.3 Å². The van der Waals surface area contributed by atoms with E-state index in [0.717, 1.165) is 44.2 Å². The monoisotopic (exact) mass is 463 g/mol. The van der Waals surface area contributed by atoms with Crippen LogP contribution in [0.15, 0.2) is 4.99 Å². The second-order valence-electron chi connectivity index (χ2n) is 7.88. The fourth-order valence-corrected chi connectivity index (χ4v) is 4.72. The van der Waals surface area contributed by atoms with Gasteiger partial charge in [-0.05, 0) is 52.2 Å². The predicted molar refractivity (Wildman–Crippen MR) is 117 cm³/mol. The molecule has 2 aliphatic heterocycles. The lowest BCUT2D eigenvalue weighted by Crippen LogP contribution is -2.46. The van der Waals surface area contributed by atoms with Crippen molar-refractivity contribution in [1.29, 1.82) is 0 Å². The first kappa shape index (κ1) is 21.2. The first-order valence-corrected chi connectivity index (χ1v) is 10.2. The van der Waals surface area contributed by atoms with Crippen LogP contribution in [0.2, 0.25) is 0 Å². The molecule has 0 amide bonds. The van der Waals surface area contributed by atoms with Crippen LogP contribution in [-0.4, -0.2) is 86.1 Å². The number of guanidine groups is 1. The Balaban J connectivity index is 0.00000225. The van der Waals surface area contributed by atoms with Crippen LogP contribution in [0, 0.1) is 0 Å². The molecule has 3 fully saturated rings. The van der Waals surface area contributed by atoms with Gasteiger partial charge >= 0.3 is 0 Å². The summed E-state index contributed by atoms with van der Waals surface area (Å²) < 4.78 is 0. The van der Waals surface area contributed by atoms with Crippen molar-refractivity contribution in [2.45, 2.75) is 63.5 Å².